The van der Waals surface area contributed by atoms with Crippen molar-refractivity contribution in [3.63, 3.8) is 0 Å². The van der Waals surface area contributed by atoms with Crippen molar-refractivity contribution in [3.8, 4) is 0 Å². The zero-order chi connectivity index (χ0) is 17.6. The van der Waals surface area contributed by atoms with Crippen molar-refractivity contribution in [3.05, 3.63) is 48.8 Å². The van der Waals surface area contributed by atoms with Crippen LogP contribution in [-0.4, -0.2) is 40.9 Å². The largest absolute Gasteiger partial charge is 0.324 e. The topological polar surface area (TPSA) is 103 Å². The second-order valence-corrected chi connectivity index (χ2v) is 5.90. The van der Waals surface area contributed by atoms with Gasteiger partial charge in [-0.1, -0.05) is 32.4 Å². The first-order chi connectivity index (χ1) is 12.2. The standard InChI is InChI=1S/C16H20N8O/c1-3-12(2)15(24-11-18-21-22-24)16(25)20-14-6-4-13(5-7-14)8-23-10-17-9-19-23/h4-7,9-12,15H,3,8H2,1-2H3,(H,20,25)/t12-,15-/m0/s1. The van der Waals surface area contributed by atoms with Crippen molar-refractivity contribution in [2.24, 2.45) is 5.92 Å². The van der Waals surface area contributed by atoms with Crippen LogP contribution >= 0.6 is 0 Å². The van der Waals surface area contributed by atoms with Gasteiger partial charge >= 0.3 is 0 Å². The van der Waals surface area contributed by atoms with Crippen LogP contribution in [0.1, 0.15) is 31.9 Å². The Labute approximate surface area is 145 Å². The third kappa shape index (κ3) is 4.06. The molecule has 0 fully saturated rings. The van der Waals surface area contributed by atoms with Crippen LogP contribution in [0.2, 0.25) is 0 Å². The molecule has 2 heterocycles. The number of aromatic nitrogens is 7. The summed E-state index contributed by atoms with van der Waals surface area (Å²) in [4.78, 5) is 16.6. The maximum absolute atomic E-state index is 12.7. The molecule has 0 spiro atoms. The monoisotopic (exact) mass is 340 g/mol. The molecule has 0 radical (unpaired) electrons. The molecule has 1 aromatic carbocycles. The smallest absolute Gasteiger partial charge is 0.249 e. The highest BCUT2D eigenvalue weighted by Gasteiger charge is 2.27. The lowest BCUT2D eigenvalue weighted by atomic mass is 9.98. The fourth-order valence-electron chi connectivity index (χ4n) is 2.57. The third-order valence-corrected chi connectivity index (χ3v) is 4.13. The number of nitrogens with zero attached hydrogens (tertiary/aromatic N) is 7. The number of anilines is 1. The summed E-state index contributed by atoms with van der Waals surface area (Å²) in [5.74, 6) is -0.0271. The summed E-state index contributed by atoms with van der Waals surface area (Å²) in [6.45, 7) is 4.68. The van der Waals surface area contributed by atoms with Gasteiger partial charge in [0.2, 0.25) is 5.91 Å². The lowest BCUT2D eigenvalue weighted by molar-refractivity contribution is -0.121. The highest BCUT2D eigenvalue weighted by atomic mass is 16.2. The molecule has 0 unspecified atom stereocenters. The molecule has 0 aliphatic heterocycles. The Bertz CT molecular complexity index is 782. The third-order valence-electron chi connectivity index (χ3n) is 4.13. The van der Waals surface area contributed by atoms with E-state index in [-0.39, 0.29) is 11.8 Å². The molecule has 1 amide bonds. The summed E-state index contributed by atoms with van der Waals surface area (Å²) in [6.07, 6.45) is 5.48. The average Bonchev–Trinajstić information content (AvgIpc) is 3.31. The summed E-state index contributed by atoms with van der Waals surface area (Å²) in [7, 11) is 0. The molecule has 0 saturated carbocycles. The van der Waals surface area contributed by atoms with Crippen LogP contribution < -0.4 is 5.32 Å². The van der Waals surface area contributed by atoms with E-state index in [0.717, 1.165) is 17.7 Å². The van der Waals surface area contributed by atoms with E-state index >= 15 is 0 Å². The van der Waals surface area contributed by atoms with Gasteiger partial charge < -0.3 is 5.32 Å². The molecule has 3 aromatic rings. The molecule has 0 bridgehead atoms. The maximum atomic E-state index is 12.7. The van der Waals surface area contributed by atoms with Crippen LogP contribution in [0, 0.1) is 5.92 Å². The Morgan fingerprint density at radius 1 is 1.24 bits per heavy atom. The van der Waals surface area contributed by atoms with E-state index in [4.69, 9.17) is 0 Å². The Hall–Kier alpha value is -3.10. The summed E-state index contributed by atoms with van der Waals surface area (Å²) < 4.78 is 3.24. The fraction of sp³-hybridized carbons (Fsp3) is 0.375. The number of carbonyl (C=O) groups excluding carboxylic acids is 1. The van der Waals surface area contributed by atoms with E-state index in [1.807, 2.05) is 38.1 Å². The molecule has 9 nitrogen and oxygen atoms in total. The first-order valence-corrected chi connectivity index (χ1v) is 8.12. The van der Waals surface area contributed by atoms with Crippen LogP contribution in [0.25, 0.3) is 0 Å². The molecule has 2 atom stereocenters. The van der Waals surface area contributed by atoms with Gasteiger partial charge in [-0.05, 0) is 34.0 Å². The molecule has 9 heteroatoms. The van der Waals surface area contributed by atoms with Crippen LogP contribution in [-0.2, 0) is 11.3 Å². The summed E-state index contributed by atoms with van der Waals surface area (Å²) >= 11 is 0. The number of rotatable bonds is 7. The van der Waals surface area contributed by atoms with Crippen LogP contribution in [0.4, 0.5) is 5.69 Å². The second-order valence-electron chi connectivity index (χ2n) is 5.90. The first-order valence-electron chi connectivity index (χ1n) is 8.12. The van der Waals surface area contributed by atoms with Crippen LogP contribution in [0.15, 0.2) is 43.2 Å². The molecule has 1 N–H and O–H groups in total. The quantitative estimate of drug-likeness (QED) is 0.700. The zero-order valence-corrected chi connectivity index (χ0v) is 14.1. The van der Waals surface area contributed by atoms with Gasteiger partial charge in [-0.2, -0.15) is 5.10 Å². The van der Waals surface area contributed by atoms with Gasteiger partial charge in [0, 0.05) is 5.69 Å². The minimum Gasteiger partial charge on any atom is -0.324 e. The van der Waals surface area contributed by atoms with Gasteiger partial charge in [0.05, 0.1) is 6.54 Å². The average molecular weight is 340 g/mol. The molecule has 0 aliphatic rings. The van der Waals surface area contributed by atoms with Gasteiger partial charge in [0.1, 0.15) is 25.0 Å². The minimum atomic E-state index is -0.449. The predicted octanol–water partition coefficient (Wildman–Crippen LogP) is 1.54. The lowest BCUT2D eigenvalue weighted by Crippen LogP contribution is -2.31. The van der Waals surface area contributed by atoms with E-state index < -0.39 is 6.04 Å². The molecule has 0 aliphatic carbocycles. The van der Waals surface area contributed by atoms with Crippen molar-refractivity contribution in [1.29, 1.82) is 0 Å². The van der Waals surface area contributed by atoms with E-state index in [1.165, 1.54) is 17.3 Å². The van der Waals surface area contributed by atoms with Crippen LogP contribution in [0.5, 0.6) is 0 Å². The van der Waals surface area contributed by atoms with Gasteiger partial charge in [-0.3, -0.25) is 4.79 Å². The summed E-state index contributed by atoms with van der Waals surface area (Å²) in [6, 6.07) is 7.20. The van der Waals surface area contributed by atoms with E-state index in [1.54, 1.807) is 11.0 Å². The van der Waals surface area contributed by atoms with Crippen molar-refractivity contribution >= 4 is 11.6 Å². The van der Waals surface area contributed by atoms with Crippen molar-refractivity contribution in [2.45, 2.75) is 32.9 Å². The zero-order valence-electron chi connectivity index (χ0n) is 14.1. The number of hydrogen-bond acceptors (Lipinski definition) is 6. The highest BCUT2D eigenvalue weighted by molar-refractivity contribution is 5.93. The van der Waals surface area contributed by atoms with Gasteiger partial charge in [0.15, 0.2) is 0 Å². The van der Waals surface area contributed by atoms with Crippen molar-refractivity contribution < 1.29 is 4.79 Å². The summed E-state index contributed by atoms with van der Waals surface area (Å²) in [5, 5.41) is 18.2. The molecule has 2 aromatic heterocycles. The Morgan fingerprint density at radius 3 is 2.64 bits per heavy atom. The SMILES string of the molecule is CC[C@H](C)[C@@H](C(=O)Nc1ccc(Cn2cncn2)cc1)n1cnnn1. The number of amides is 1. The van der Waals surface area contributed by atoms with Gasteiger partial charge in [0.25, 0.3) is 0 Å². The van der Waals surface area contributed by atoms with Crippen molar-refractivity contribution in [1.82, 2.24) is 35.0 Å². The number of hydrogen-bond donors (Lipinski definition) is 1. The van der Waals surface area contributed by atoms with Crippen LogP contribution in [0.3, 0.4) is 0 Å². The van der Waals surface area contributed by atoms with Gasteiger partial charge in [-0.15, -0.1) is 5.10 Å². The molecule has 0 saturated heterocycles. The van der Waals surface area contributed by atoms with E-state index in [9.17, 15) is 4.79 Å². The molecule has 130 valence electrons. The predicted molar refractivity (Wildman–Crippen MR) is 90.5 cm³/mol. The number of benzene rings is 1. The molecular weight excluding hydrogens is 320 g/mol. The normalized spacial score (nSPS) is 13.4. The van der Waals surface area contributed by atoms with E-state index in [0.29, 0.717) is 6.54 Å². The van der Waals surface area contributed by atoms with Gasteiger partial charge in [-0.25, -0.2) is 14.3 Å². The second kappa shape index (κ2) is 7.65. The highest BCUT2D eigenvalue weighted by Crippen LogP contribution is 2.22. The van der Waals surface area contributed by atoms with E-state index in [2.05, 4.69) is 30.9 Å². The fourth-order valence-corrected chi connectivity index (χ4v) is 2.57. The maximum Gasteiger partial charge on any atom is 0.249 e. The Morgan fingerprint density at radius 2 is 2.04 bits per heavy atom. The number of nitrogens with one attached hydrogen (secondary N) is 1. The first kappa shape index (κ1) is 16.7. The minimum absolute atomic E-state index is 0.107. The number of carbonyl (C=O) groups is 1. The number of tetrazole rings is 1. The lowest BCUT2D eigenvalue weighted by Gasteiger charge is -2.21. The Kier molecular flexibility index (Phi) is 5.12. The molecule has 25 heavy (non-hydrogen) atoms. The van der Waals surface area contributed by atoms with Crippen molar-refractivity contribution in [2.75, 3.05) is 5.32 Å². The summed E-state index contributed by atoms with van der Waals surface area (Å²) in [5.41, 5.74) is 1.80. The molecular formula is C16H20N8O. The Balaban J connectivity index is 1.68. The molecule has 3 rings (SSSR count).